The SMILES string of the molecule is C[C@@H]1CN(c2cc(F)c(C3=CCCN(C(=O)OC4CC(F)(F)C4)C3)c(F)c2NC(=O)c2c[nH]c(=O)cc2C(F)(F)F)C[C@H](C)N1C. The predicted octanol–water partition coefficient (Wildman–Crippen LogP) is 5.48. The molecule has 2 aliphatic heterocycles. The van der Waals surface area contributed by atoms with E-state index in [2.05, 4.69) is 5.32 Å². The molecule has 2 N–H and O–H groups in total. The summed E-state index contributed by atoms with van der Waals surface area (Å²) in [6.45, 7) is 4.00. The van der Waals surface area contributed by atoms with Crippen molar-refractivity contribution in [3.63, 3.8) is 0 Å². The summed E-state index contributed by atoms with van der Waals surface area (Å²) >= 11 is 0. The largest absolute Gasteiger partial charge is 0.446 e. The van der Waals surface area contributed by atoms with E-state index in [1.807, 2.05) is 30.8 Å². The first-order valence-corrected chi connectivity index (χ1v) is 14.6. The van der Waals surface area contributed by atoms with Crippen LogP contribution < -0.4 is 15.8 Å². The van der Waals surface area contributed by atoms with Gasteiger partial charge in [0, 0.05) is 69.4 Å². The normalized spacial score (nSPS) is 22.3. The lowest BCUT2D eigenvalue weighted by Gasteiger charge is -2.44. The Hall–Kier alpha value is -4.08. The zero-order valence-corrected chi connectivity index (χ0v) is 25.1. The number of carbonyl (C=O) groups is 2. The molecule has 1 aromatic carbocycles. The standard InChI is InChI=1S/C30H32F7N5O4/c1-15-12-42(13-16(2)40(15)3)22-8-21(31)24(17-5-4-6-41(14-17)28(45)46-18-9-29(33,34)10-18)25(32)26(22)39-27(44)19-11-38-23(43)7-20(19)30(35,36)37/h5,7-8,11,15-16,18H,4,6,9-10,12-14H2,1-3H3,(H,38,43)(H,39,44)/t15-,16+. The van der Waals surface area contributed by atoms with Gasteiger partial charge in [0.25, 0.3) is 11.8 Å². The summed E-state index contributed by atoms with van der Waals surface area (Å²) in [4.78, 5) is 44.4. The van der Waals surface area contributed by atoms with Crippen LogP contribution in [0, 0.1) is 11.6 Å². The zero-order valence-electron chi connectivity index (χ0n) is 25.1. The van der Waals surface area contributed by atoms with E-state index >= 15 is 8.78 Å². The number of nitrogens with zero attached hydrogens (tertiary/aromatic N) is 3. The summed E-state index contributed by atoms with van der Waals surface area (Å²) in [5.74, 6) is -6.68. The van der Waals surface area contributed by atoms with Gasteiger partial charge in [-0.15, -0.1) is 0 Å². The van der Waals surface area contributed by atoms with Gasteiger partial charge in [-0.25, -0.2) is 22.4 Å². The molecule has 0 radical (unpaired) electrons. The van der Waals surface area contributed by atoms with E-state index in [1.54, 1.807) is 4.90 Å². The van der Waals surface area contributed by atoms with Crippen LogP contribution in [0.2, 0.25) is 0 Å². The number of aromatic nitrogens is 1. The number of hydrogen-bond donors (Lipinski definition) is 2. The van der Waals surface area contributed by atoms with Crippen LogP contribution in [0.15, 0.2) is 29.2 Å². The minimum Gasteiger partial charge on any atom is -0.446 e. The molecule has 1 saturated heterocycles. The number of alkyl halides is 5. The first-order chi connectivity index (χ1) is 21.4. The van der Waals surface area contributed by atoms with Crippen molar-refractivity contribution < 1.29 is 45.1 Å². The fraction of sp³-hybridized carbons (Fsp3) is 0.500. The maximum Gasteiger partial charge on any atom is 0.417 e. The van der Waals surface area contributed by atoms with Gasteiger partial charge in [0.05, 0.1) is 22.4 Å². The molecule has 5 rings (SSSR count). The first kappa shape index (κ1) is 33.3. The smallest absolute Gasteiger partial charge is 0.417 e. The van der Waals surface area contributed by atoms with Gasteiger partial charge in [-0.1, -0.05) is 6.08 Å². The van der Waals surface area contributed by atoms with Crippen molar-refractivity contribution >= 4 is 28.9 Å². The Bertz CT molecular complexity index is 1610. The Morgan fingerprint density at radius 1 is 1.09 bits per heavy atom. The Balaban J connectivity index is 1.52. The second-order valence-electron chi connectivity index (χ2n) is 12.0. The van der Waals surface area contributed by atoms with Gasteiger partial charge >= 0.3 is 12.3 Å². The summed E-state index contributed by atoms with van der Waals surface area (Å²) in [6.07, 6.45) is -6.11. The molecule has 9 nitrogen and oxygen atoms in total. The van der Waals surface area contributed by atoms with E-state index in [4.69, 9.17) is 4.74 Å². The molecule has 0 bridgehead atoms. The first-order valence-electron chi connectivity index (χ1n) is 14.6. The number of carbonyl (C=O) groups excluding carboxylic acids is 2. The highest BCUT2D eigenvalue weighted by Crippen LogP contribution is 2.41. The number of anilines is 2. The minimum atomic E-state index is -5.10. The summed E-state index contributed by atoms with van der Waals surface area (Å²) in [5, 5.41) is 2.19. The number of benzene rings is 1. The number of pyridine rings is 1. The molecule has 0 unspecified atom stereocenters. The lowest BCUT2D eigenvalue weighted by Crippen LogP contribution is -2.55. The van der Waals surface area contributed by atoms with Gasteiger partial charge in [-0.3, -0.25) is 14.5 Å². The van der Waals surface area contributed by atoms with Gasteiger partial charge in [0.15, 0.2) is 5.82 Å². The number of aromatic amines is 1. The molecule has 250 valence electrons. The number of piperazine rings is 1. The molecule has 3 aliphatic rings. The monoisotopic (exact) mass is 659 g/mol. The lowest BCUT2D eigenvalue weighted by molar-refractivity contribution is -0.147. The minimum absolute atomic E-state index is 0.0145. The van der Waals surface area contributed by atoms with Crippen LogP contribution in [0.25, 0.3) is 5.57 Å². The van der Waals surface area contributed by atoms with Crippen LogP contribution in [0.1, 0.15) is 54.6 Å². The number of ether oxygens (including phenoxy) is 1. The van der Waals surface area contributed by atoms with E-state index in [9.17, 15) is 36.3 Å². The van der Waals surface area contributed by atoms with E-state index < -0.39 is 82.6 Å². The number of halogens is 7. The van der Waals surface area contributed by atoms with E-state index in [0.717, 1.165) is 11.0 Å². The van der Waals surface area contributed by atoms with Crippen molar-refractivity contribution in [1.82, 2.24) is 14.8 Å². The molecule has 2 aromatic rings. The van der Waals surface area contributed by atoms with Crippen LogP contribution in [0.3, 0.4) is 0 Å². The highest BCUT2D eigenvalue weighted by molar-refractivity contribution is 6.07. The second-order valence-corrected chi connectivity index (χ2v) is 12.0. The third kappa shape index (κ3) is 6.71. The van der Waals surface area contributed by atoms with Gasteiger partial charge in [-0.2, -0.15) is 13.2 Å². The molecule has 16 heteroatoms. The maximum atomic E-state index is 16.5. The van der Waals surface area contributed by atoms with Gasteiger partial charge in [0.1, 0.15) is 17.6 Å². The Labute approximate surface area is 259 Å². The van der Waals surface area contributed by atoms with Crippen LogP contribution in [0.5, 0.6) is 0 Å². The lowest BCUT2D eigenvalue weighted by atomic mass is 9.91. The number of H-pyrrole nitrogens is 1. The van der Waals surface area contributed by atoms with Crippen molar-refractivity contribution in [3.8, 4) is 0 Å². The molecule has 46 heavy (non-hydrogen) atoms. The molecule has 2 amide bonds. The third-order valence-corrected chi connectivity index (χ3v) is 8.66. The third-order valence-electron chi connectivity index (χ3n) is 8.66. The van der Waals surface area contributed by atoms with Crippen molar-refractivity contribution in [2.45, 2.75) is 63.4 Å². The van der Waals surface area contributed by atoms with Gasteiger partial charge in [-0.05, 0) is 32.9 Å². The quantitative estimate of drug-likeness (QED) is 0.413. The second kappa shape index (κ2) is 12.3. The van der Waals surface area contributed by atoms with E-state index in [-0.39, 0.29) is 62.0 Å². The zero-order chi connectivity index (χ0) is 33.7. The number of hydrogen-bond acceptors (Lipinski definition) is 6. The summed E-state index contributed by atoms with van der Waals surface area (Å²) in [7, 11) is 1.87. The summed E-state index contributed by atoms with van der Waals surface area (Å²) in [5.41, 5.74) is -5.00. The fourth-order valence-corrected chi connectivity index (χ4v) is 5.93. The van der Waals surface area contributed by atoms with Gasteiger partial charge in [0.2, 0.25) is 5.56 Å². The fourth-order valence-electron chi connectivity index (χ4n) is 5.93. The molecule has 1 saturated carbocycles. The molecule has 3 heterocycles. The van der Waals surface area contributed by atoms with Crippen molar-refractivity contribution in [3.05, 3.63) is 63.1 Å². The molecule has 0 spiro atoms. The van der Waals surface area contributed by atoms with Crippen LogP contribution >= 0.6 is 0 Å². The highest BCUT2D eigenvalue weighted by atomic mass is 19.4. The average Bonchev–Trinajstić information content (AvgIpc) is 2.95. The summed E-state index contributed by atoms with van der Waals surface area (Å²) < 4.78 is 105. The molecular weight excluding hydrogens is 627 g/mol. The molecule has 1 aromatic heterocycles. The van der Waals surface area contributed by atoms with Crippen LogP contribution in [0.4, 0.5) is 46.9 Å². The number of nitrogens with one attached hydrogen (secondary N) is 2. The highest BCUT2D eigenvalue weighted by Gasteiger charge is 2.48. The predicted molar refractivity (Wildman–Crippen MR) is 154 cm³/mol. The number of rotatable bonds is 5. The van der Waals surface area contributed by atoms with E-state index in [0.29, 0.717) is 6.20 Å². The molecule has 2 fully saturated rings. The summed E-state index contributed by atoms with van der Waals surface area (Å²) in [6, 6.07) is 0.970. The Morgan fingerprint density at radius 3 is 2.35 bits per heavy atom. The number of amides is 2. The topological polar surface area (TPSA) is 98.0 Å². The van der Waals surface area contributed by atoms with E-state index in [1.165, 1.54) is 6.08 Å². The Morgan fingerprint density at radius 2 is 1.74 bits per heavy atom. The van der Waals surface area contributed by atoms with Crippen molar-refractivity contribution in [1.29, 1.82) is 0 Å². The average molecular weight is 660 g/mol. The maximum absolute atomic E-state index is 16.5. The Kier molecular flexibility index (Phi) is 8.87. The van der Waals surface area contributed by atoms with Crippen molar-refractivity contribution in [2.24, 2.45) is 0 Å². The molecule has 1 aliphatic carbocycles. The molecule has 2 atom stereocenters. The molecular formula is C30H32F7N5O4. The number of likely N-dealkylation sites (N-methyl/N-ethyl adjacent to an activating group) is 1. The van der Waals surface area contributed by atoms with Gasteiger partial charge < -0.3 is 24.8 Å². The van der Waals surface area contributed by atoms with Crippen LogP contribution in [-0.4, -0.2) is 84.1 Å². The van der Waals surface area contributed by atoms with Crippen LogP contribution in [-0.2, 0) is 10.9 Å². The van der Waals surface area contributed by atoms with Crippen molar-refractivity contribution in [2.75, 3.05) is 43.4 Å².